The first-order valence-electron chi connectivity index (χ1n) is 9.07. The Kier molecular flexibility index (Phi) is 4.85. The van der Waals surface area contributed by atoms with E-state index in [4.69, 9.17) is 27.9 Å². The van der Waals surface area contributed by atoms with Gasteiger partial charge in [-0.25, -0.2) is 0 Å². The SMILES string of the molecule is O=C(NCc1ccc2c(c1)C1(CCCCC1)CO2)c1ccc(Cl)c(Cl)c1. The van der Waals surface area contributed by atoms with E-state index in [0.717, 1.165) is 17.9 Å². The minimum absolute atomic E-state index is 0.160. The summed E-state index contributed by atoms with van der Waals surface area (Å²) in [6, 6.07) is 11.2. The van der Waals surface area contributed by atoms with E-state index < -0.39 is 0 Å². The van der Waals surface area contributed by atoms with E-state index in [9.17, 15) is 4.79 Å². The number of halogens is 2. The molecule has 1 saturated carbocycles. The quantitative estimate of drug-likeness (QED) is 0.750. The van der Waals surface area contributed by atoms with Gasteiger partial charge in [-0.2, -0.15) is 0 Å². The van der Waals surface area contributed by atoms with Crippen LogP contribution in [0.3, 0.4) is 0 Å². The van der Waals surface area contributed by atoms with Crippen molar-refractivity contribution in [3.8, 4) is 5.75 Å². The minimum atomic E-state index is -0.160. The summed E-state index contributed by atoms with van der Waals surface area (Å²) in [5.41, 5.74) is 3.09. The van der Waals surface area contributed by atoms with Crippen molar-refractivity contribution < 1.29 is 9.53 Å². The third-order valence-corrected chi connectivity index (χ3v) is 6.30. The largest absolute Gasteiger partial charge is 0.492 e. The van der Waals surface area contributed by atoms with Crippen molar-refractivity contribution in [2.45, 2.75) is 44.1 Å². The van der Waals surface area contributed by atoms with E-state index in [1.165, 1.54) is 37.7 Å². The normalized spacial score (nSPS) is 17.6. The van der Waals surface area contributed by atoms with E-state index in [1.54, 1.807) is 18.2 Å². The lowest BCUT2D eigenvalue weighted by Gasteiger charge is -2.32. The van der Waals surface area contributed by atoms with Crippen LogP contribution in [0, 0.1) is 0 Å². The van der Waals surface area contributed by atoms with Gasteiger partial charge in [0.15, 0.2) is 0 Å². The third kappa shape index (κ3) is 3.30. The van der Waals surface area contributed by atoms with Crippen LogP contribution >= 0.6 is 23.2 Å². The first kappa shape index (κ1) is 17.7. The smallest absolute Gasteiger partial charge is 0.251 e. The number of amides is 1. The summed E-state index contributed by atoms with van der Waals surface area (Å²) in [6.07, 6.45) is 6.23. The third-order valence-electron chi connectivity index (χ3n) is 5.56. The summed E-state index contributed by atoms with van der Waals surface area (Å²) in [6.45, 7) is 1.27. The Hall–Kier alpha value is -1.71. The number of benzene rings is 2. The lowest BCUT2D eigenvalue weighted by atomic mass is 9.70. The molecule has 2 aromatic rings. The number of hydrogen-bond acceptors (Lipinski definition) is 2. The molecule has 136 valence electrons. The Morgan fingerprint density at radius 3 is 2.62 bits per heavy atom. The van der Waals surface area contributed by atoms with Crippen molar-refractivity contribution in [2.75, 3.05) is 6.61 Å². The lowest BCUT2D eigenvalue weighted by molar-refractivity contribution is 0.0951. The van der Waals surface area contributed by atoms with E-state index in [1.807, 2.05) is 12.1 Å². The number of carbonyl (C=O) groups is 1. The second kappa shape index (κ2) is 7.13. The highest BCUT2D eigenvalue weighted by molar-refractivity contribution is 6.42. The molecule has 0 unspecified atom stereocenters. The van der Waals surface area contributed by atoms with Gasteiger partial charge in [-0.3, -0.25) is 4.79 Å². The fourth-order valence-electron chi connectivity index (χ4n) is 4.09. The van der Waals surface area contributed by atoms with Crippen LogP contribution in [0.5, 0.6) is 5.75 Å². The van der Waals surface area contributed by atoms with Crippen LogP contribution in [0.15, 0.2) is 36.4 Å². The van der Waals surface area contributed by atoms with Crippen molar-refractivity contribution in [3.63, 3.8) is 0 Å². The average Bonchev–Trinajstić information content (AvgIpc) is 3.00. The van der Waals surface area contributed by atoms with E-state index in [2.05, 4.69) is 11.4 Å². The highest BCUT2D eigenvalue weighted by atomic mass is 35.5. The predicted molar refractivity (Wildman–Crippen MR) is 104 cm³/mol. The van der Waals surface area contributed by atoms with Crippen LogP contribution in [0.1, 0.15) is 53.6 Å². The summed E-state index contributed by atoms with van der Waals surface area (Å²) in [5.74, 6) is 0.846. The maximum atomic E-state index is 12.4. The molecule has 1 aliphatic carbocycles. The number of ether oxygens (including phenoxy) is 1. The van der Waals surface area contributed by atoms with Gasteiger partial charge in [-0.05, 0) is 48.7 Å². The van der Waals surface area contributed by atoms with E-state index in [-0.39, 0.29) is 11.3 Å². The maximum absolute atomic E-state index is 12.4. The molecule has 1 N–H and O–H groups in total. The summed E-state index contributed by atoms with van der Waals surface area (Å²) in [4.78, 5) is 12.4. The molecule has 1 aliphatic heterocycles. The minimum Gasteiger partial charge on any atom is -0.492 e. The molecule has 1 amide bonds. The molecule has 0 bridgehead atoms. The van der Waals surface area contributed by atoms with Gasteiger partial charge in [0.25, 0.3) is 5.91 Å². The monoisotopic (exact) mass is 389 g/mol. The van der Waals surface area contributed by atoms with Crippen LogP contribution in [-0.4, -0.2) is 12.5 Å². The fraction of sp³-hybridized carbons (Fsp3) is 0.381. The Morgan fingerprint density at radius 2 is 1.85 bits per heavy atom. The highest BCUT2D eigenvalue weighted by Crippen LogP contribution is 2.48. The zero-order valence-corrected chi connectivity index (χ0v) is 16.0. The molecule has 5 heteroatoms. The van der Waals surface area contributed by atoms with Gasteiger partial charge in [-0.1, -0.05) is 48.5 Å². The van der Waals surface area contributed by atoms with Crippen molar-refractivity contribution in [3.05, 3.63) is 63.1 Å². The van der Waals surface area contributed by atoms with E-state index >= 15 is 0 Å². The number of nitrogens with one attached hydrogen (secondary N) is 1. The Bertz CT molecular complexity index is 838. The molecular weight excluding hydrogens is 369 g/mol. The van der Waals surface area contributed by atoms with Gasteiger partial charge in [0.2, 0.25) is 0 Å². The number of carbonyl (C=O) groups excluding carboxylic acids is 1. The number of fused-ring (bicyclic) bond motifs is 2. The molecule has 0 aromatic heterocycles. The molecule has 0 atom stereocenters. The van der Waals surface area contributed by atoms with Crippen LogP contribution in [0.2, 0.25) is 10.0 Å². The van der Waals surface area contributed by atoms with Gasteiger partial charge in [0, 0.05) is 23.1 Å². The molecule has 0 radical (unpaired) electrons. The Balaban J connectivity index is 1.48. The summed E-state index contributed by atoms with van der Waals surface area (Å²) in [5, 5.41) is 3.79. The summed E-state index contributed by atoms with van der Waals surface area (Å²) in [7, 11) is 0. The van der Waals surface area contributed by atoms with Crippen LogP contribution < -0.4 is 10.1 Å². The first-order chi connectivity index (χ1) is 12.6. The van der Waals surface area contributed by atoms with Gasteiger partial charge in [0.05, 0.1) is 16.7 Å². The summed E-state index contributed by atoms with van der Waals surface area (Å²) < 4.78 is 5.95. The highest BCUT2D eigenvalue weighted by Gasteiger charge is 2.41. The Morgan fingerprint density at radius 1 is 1.04 bits per heavy atom. The van der Waals surface area contributed by atoms with Crippen LogP contribution in [0.25, 0.3) is 0 Å². The van der Waals surface area contributed by atoms with Gasteiger partial charge < -0.3 is 10.1 Å². The maximum Gasteiger partial charge on any atom is 0.251 e. The molecule has 2 aliphatic rings. The zero-order chi connectivity index (χ0) is 18.1. The van der Waals surface area contributed by atoms with Crippen molar-refractivity contribution in [1.29, 1.82) is 0 Å². The molecule has 1 heterocycles. The predicted octanol–water partition coefficient (Wildman–Crippen LogP) is 5.52. The molecule has 3 nitrogen and oxygen atoms in total. The second-order valence-corrected chi connectivity index (χ2v) is 8.09. The Labute approximate surface area is 163 Å². The number of hydrogen-bond donors (Lipinski definition) is 1. The standard InChI is InChI=1S/C21H21Cl2NO2/c22-17-6-5-15(11-18(17)23)20(25)24-12-14-4-7-19-16(10-14)21(13-26-19)8-2-1-3-9-21/h4-7,10-11H,1-3,8-9,12-13H2,(H,24,25). The average molecular weight is 390 g/mol. The van der Waals surface area contributed by atoms with Gasteiger partial charge >= 0.3 is 0 Å². The molecule has 1 spiro atoms. The second-order valence-electron chi connectivity index (χ2n) is 7.27. The van der Waals surface area contributed by atoms with Crippen LogP contribution in [0.4, 0.5) is 0 Å². The fourth-order valence-corrected chi connectivity index (χ4v) is 4.38. The molecular formula is C21H21Cl2NO2. The topological polar surface area (TPSA) is 38.3 Å². The zero-order valence-electron chi connectivity index (χ0n) is 14.5. The van der Waals surface area contributed by atoms with E-state index in [0.29, 0.717) is 22.2 Å². The van der Waals surface area contributed by atoms with Crippen molar-refractivity contribution >= 4 is 29.1 Å². The van der Waals surface area contributed by atoms with Gasteiger partial charge in [-0.15, -0.1) is 0 Å². The molecule has 2 aromatic carbocycles. The van der Waals surface area contributed by atoms with Crippen LogP contribution in [-0.2, 0) is 12.0 Å². The molecule has 4 rings (SSSR count). The lowest BCUT2D eigenvalue weighted by Crippen LogP contribution is -2.30. The molecule has 0 saturated heterocycles. The van der Waals surface area contributed by atoms with Crippen molar-refractivity contribution in [2.24, 2.45) is 0 Å². The molecule has 1 fully saturated rings. The summed E-state index contributed by atoms with van der Waals surface area (Å²) >= 11 is 11.9. The first-order valence-corrected chi connectivity index (χ1v) is 9.82. The van der Waals surface area contributed by atoms with Crippen molar-refractivity contribution in [1.82, 2.24) is 5.32 Å². The number of rotatable bonds is 3. The van der Waals surface area contributed by atoms with Gasteiger partial charge in [0.1, 0.15) is 5.75 Å². The molecule has 26 heavy (non-hydrogen) atoms.